The summed E-state index contributed by atoms with van der Waals surface area (Å²) in [4.78, 5) is 5.08. The average molecular weight is 276 g/mol. The number of hydrogen-bond donors (Lipinski definition) is 1. The van der Waals surface area contributed by atoms with Crippen LogP contribution in [0.4, 0.5) is 0 Å². The molecule has 0 aliphatic carbocycles. The fraction of sp³-hybridized carbons (Fsp3) is 0.647. The third-order valence-electron chi connectivity index (χ3n) is 4.74. The molecule has 0 saturated carbocycles. The minimum Gasteiger partial charge on any atom is -0.508 e. The van der Waals surface area contributed by atoms with Crippen LogP contribution in [0.2, 0.25) is 0 Å². The molecule has 3 heteroatoms. The van der Waals surface area contributed by atoms with Gasteiger partial charge in [-0.25, -0.2) is 0 Å². The van der Waals surface area contributed by atoms with Gasteiger partial charge < -0.3 is 14.9 Å². The van der Waals surface area contributed by atoms with Gasteiger partial charge in [0.1, 0.15) is 5.75 Å². The first-order chi connectivity index (χ1) is 9.60. The Bertz CT molecular complexity index is 396. The van der Waals surface area contributed by atoms with Crippen LogP contribution in [0.5, 0.6) is 5.75 Å². The van der Waals surface area contributed by atoms with Gasteiger partial charge in [0.25, 0.3) is 0 Å². The summed E-state index contributed by atoms with van der Waals surface area (Å²) in [6.45, 7) is 8.20. The third-order valence-corrected chi connectivity index (χ3v) is 4.74. The standard InChI is InChI=1S/C17H28N2O/c1-4-19-11-9-16(10-12-19)18(3)14(2)13-15-5-7-17(20)8-6-15/h5-8,14,16,20H,4,9-13H2,1-3H3. The Balaban J connectivity index is 1.85. The molecule has 1 unspecified atom stereocenters. The molecule has 0 bridgehead atoms. The summed E-state index contributed by atoms with van der Waals surface area (Å²) in [6, 6.07) is 8.87. The quantitative estimate of drug-likeness (QED) is 0.896. The Hall–Kier alpha value is -1.06. The number of aromatic hydroxyl groups is 1. The molecule has 1 atom stereocenters. The number of benzene rings is 1. The van der Waals surface area contributed by atoms with Crippen molar-refractivity contribution < 1.29 is 5.11 Å². The first-order valence-electron chi connectivity index (χ1n) is 7.82. The Labute approximate surface area is 123 Å². The highest BCUT2D eigenvalue weighted by Crippen LogP contribution is 2.19. The fourth-order valence-corrected chi connectivity index (χ4v) is 3.12. The Kier molecular flexibility index (Phi) is 5.44. The van der Waals surface area contributed by atoms with E-state index in [1.807, 2.05) is 12.1 Å². The van der Waals surface area contributed by atoms with Crippen LogP contribution in [0.1, 0.15) is 32.3 Å². The van der Waals surface area contributed by atoms with Gasteiger partial charge in [-0.3, -0.25) is 0 Å². The maximum Gasteiger partial charge on any atom is 0.115 e. The van der Waals surface area contributed by atoms with Crippen molar-refractivity contribution in [2.75, 3.05) is 26.7 Å². The van der Waals surface area contributed by atoms with Gasteiger partial charge in [-0.2, -0.15) is 0 Å². The molecule has 0 spiro atoms. The molecule has 1 aromatic carbocycles. The summed E-state index contributed by atoms with van der Waals surface area (Å²) < 4.78 is 0. The second-order valence-electron chi connectivity index (χ2n) is 6.05. The Morgan fingerprint density at radius 3 is 2.40 bits per heavy atom. The number of hydrogen-bond acceptors (Lipinski definition) is 3. The van der Waals surface area contributed by atoms with E-state index in [-0.39, 0.29) is 0 Å². The molecule has 112 valence electrons. The molecule has 1 N–H and O–H groups in total. The fourth-order valence-electron chi connectivity index (χ4n) is 3.12. The molecule has 20 heavy (non-hydrogen) atoms. The molecular weight excluding hydrogens is 248 g/mol. The smallest absolute Gasteiger partial charge is 0.115 e. The van der Waals surface area contributed by atoms with Gasteiger partial charge in [0.05, 0.1) is 0 Å². The number of rotatable bonds is 5. The van der Waals surface area contributed by atoms with Crippen molar-refractivity contribution in [3.8, 4) is 5.75 Å². The highest BCUT2D eigenvalue weighted by molar-refractivity contribution is 5.26. The van der Waals surface area contributed by atoms with E-state index in [0.717, 1.165) is 6.42 Å². The summed E-state index contributed by atoms with van der Waals surface area (Å²) in [6.07, 6.45) is 3.61. The zero-order valence-electron chi connectivity index (χ0n) is 13.0. The van der Waals surface area contributed by atoms with Crippen molar-refractivity contribution in [2.24, 2.45) is 0 Å². The lowest BCUT2D eigenvalue weighted by Gasteiger charge is -2.39. The number of likely N-dealkylation sites (N-methyl/N-ethyl adjacent to an activating group) is 1. The van der Waals surface area contributed by atoms with E-state index in [0.29, 0.717) is 17.8 Å². The van der Waals surface area contributed by atoms with Crippen LogP contribution in [0.3, 0.4) is 0 Å². The maximum absolute atomic E-state index is 9.34. The molecule has 0 radical (unpaired) electrons. The lowest BCUT2D eigenvalue weighted by molar-refractivity contribution is 0.104. The second-order valence-corrected chi connectivity index (χ2v) is 6.05. The van der Waals surface area contributed by atoms with E-state index < -0.39 is 0 Å². The van der Waals surface area contributed by atoms with Crippen molar-refractivity contribution in [1.82, 2.24) is 9.80 Å². The van der Waals surface area contributed by atoms with E-state index >= 15 is 0 Å². The molecule has 1 aliphatic heterocycles. The van der Waals surface area contributed by atoms with Gasteiger partial charge in [0.15, 0.2) is 0 Å². The number of phenols is 1. The molecular formula is C17H28N2O. The van der Waals surface area contributed by atoms with Gasteiger partial charge in [-0.1, -0.05) is 19.1 Å². The van der Waals surface area contributed by atoms with Crippen LogP contribution >= 0.6 is 0 Å². The summed E-state index contributed by atoms with van der Waals surface area (Å²) in [5.74, 6) is 0.349. The van der Waals surface area contributed by atoms with Gasteiger partial charge in [-0.15, -0.1) is 0 Å². The molecule has 0 amide bonds. The van der Waals surface area contributed by atoms with Crippen molar-refractivity contribution in [1.29, 1.82) is 0 Å². The summed E-state index contributed by atoms with van der Waals surface area (Å²) in [5.41, 5.74) is 1.30. The first-order valence-corrected chi connectivity index (χ1v) is 7.82. The zero-order chi connectivity index (χ0) is 14.5. The van der Waals surface area contributed by atoms with E-state index in [2.05, 4.69) is 30.7 Å². The molecule has 3 nitrogen and oxygen atoms in total. The minimum absolute atomic E-state index is 0.349. The zero-order valence-corrected chi connectivity index (χ0v) is 13.0. The normalized spacial score (nSPS) is 19.4. The van der Waals surface area contributed by atoms with Crippen molar-refractivity contribution in [2.45, 2.75) is 45.2 Å². The molecule has 1 heterocycles. The molecule has 1 aromatic rings. The number of nitrogens with zero attached hydrogens (tertiary/aromatic N) is 2. The molecule has 1 saturated heterocycles. The molecule has 0 aromatic heterocycles. The largest absolute Gasteiger partial charge is 0.508 e. The second kappa shape index (κ2) is 7.09. The lowest BCUT2D eigenvalue weighted by atomic mass is 9.99. The predicted octanol–water partition coefficient (Wildman–Crippen LogP) is 2.74. The molecule has 2 rings (SSSR count). The lowest BCUT2D eigenvalue weighted by Crippen LogP contribution is -2.46. The van der Waals surface area contributed by atoms with Gasteiger partial charge in [0.2, 0.25) is 0 Å². The van der Waals surface area contributed by atoms with Gasteiger partial charge in [0, 0.05) is 12.1 Å². The van der Waals surface area contributed by atoms with E-state index in [1.54, 1.807) is 12.1 Å². The van der Waals surface area contributed by atoms with Crippen LogP contribution in [-0.2, 0) is 6.42 Å². The van der Waals surface area contributed by atoms with Crippen LogP contribution in [0, 0.1) is 0 Å². The molecule has 1 fully saturated rings. The maximum atomic E-state index is 9.34. The predicted molar refractivity (Wildman–Crippen MR) is 84.2 cm³/mol. The monoisotopic (exact) mass is 276 g/mol. The number of likely N-dealkylation sites (tertiary alicyclic amines) is 1. The van der Waals surface area contributed by atoms with Crippen molar-refractivity contribution in [3.63, 3.8) is 0 Å². The van der Waals surface area contributed by atoms with E-state index in [1.165, 1.54) is 38.0 Å². The van der Waals surface area contributed by atoms with E-state index in [4.69, 9.17) is 0 Å². The highest BCUT2D eigenvalue weighted by Gasteiger charge is 2.24. The van der Waals surface area contributed by atoms with Crippen molar-refractivity contribution >= 4 is 0 Å². The van der Waals surface area contributed by atoms with Crippen LogP contribution in [0.25, 0.3) is 0 Å². The number of piperidine rings is 1. The molecule has 1 aliphatic rings. The SMILES string of the molecule is CCN1CCC(N(C)C(C)Cc2ccc(O)cc2)CC1. The topological polar surface area (TPSA) is 26.7 Å². The van der Waals surface area contributed by atoms with E-state index in [9.17, 15) is 5.11 Å². The summed E-state index contributed by atoms with van der Waals surface area (Å²) in [7, 11) is 2.26. The van der Waals surface area contributed by atoms with Gasteiger partial charge >= 0.3 is 0 Å². The number of phenolic OH excluding ortho intramolecular Hbond substituents is 1. The van der Waals surface area contributed by atoms with Crippen molar-refractivity contribution in [3.05, 3.63) is 29.8 Å². The Morgan fingerprint density at radius 1 is 1.25 bits per heavy atom. The first kappa shape index (κ1) is 15.3. The third kappa shape index (κ3) is 3.97. The van der Waals surface area contributed by atoms with Crippen LogP contribution < -0.4 is 0 Å². The van der Waals surface area contributed by atoms with Crippen LogP contribution in [0.15, 0.2) is 24.3 Å². The summed E-state index contributed by atoms with van der Waals surface area (Å²) >= 11 is 0. The minimum atomic E-state index is 0.349. The Morgan fingerprint density at radius 2 is 1.85 bits per heavy atom. The van der Waals surface area contributed by atoms with Gasteiger partial charge in [-0.05, 0) is 70.6 Å². The summed E-state index contributed by atoms with van der Waals surface area (Å²) in [5, 5.41) is 9.34. The highest BCUT2D eigenvalue weighted by atomic mass is 16.3. The average Bonchev–Trinajstić information content (AvgIpc) is 2.49. The van der Waals surface area contributed by atoms with Crippen LogP contribution in [-0.4, -0.2) is 53.7 Å².